The first-order valence-electron chi connectivity index (χ1n) is 6.68. The molecule has 2 heterocycles. The third-order valence-corrected chi connectivity index (χ3v) is 2.96. The van der Waals surface area contributed by atoms with Gasteiger partial charge in [0.25, 0.3) is 5.56 Å². The lowest BCUT2D eigenvalue weighted by Gasteiger charge is -2.19. The molecule has 0 saturated carbocycles. The number of nitrogens with one attached hydrogen (secondary N) is 1. The maximum absolute atomic E-state index is 12.5. The van der Waals surface area contributed by atoms with Crippen molar-refractivity contribution in [3.8, 4) is 11.8 Å². The molecule has 0 aliphatic carbocycles. The molecule has 4 nitrogen and oxygen atoms in total. The van der Waals surface area contributed by atoms with Crippen LogP contribution < -0.4 is 10.9 Å². The molecule has 1 aliphatic heterocycles. The summed E-state index contributed by atoms with van der Waals surface area (Å²) in [5.41, 5.74) is -0.129. The van der Waals surface area contributed by atoms with E-state index >= 15 is 0 Å². The van der Waals surface area contributed by atoms with Crippen LogP contribution in [-0.4, -0.2) is 22.5 Å². The van der Waals surface area contributed by atoms with Crippen LogP contribution in [0.5, 0.6) is 0 Å². The Bertz CT molecular complexity index is 733. The molecular formula is C15H14F3N3O. The standard InChI is InChI=1S/C15H14F3N3O/c1-2-3-4-9-21-14(22)8-7-13(20-21)12-6-5-11(10-19-12)15(16,17)18/h5-8,19H,2,9-10H2,1H3. The van der Waals surface area contributed by atoms with E-state index in [0.29, 0.717) is 17.8 Å². The smallest absolute Gasteiger partial charge is 0.379 e. The van der Waals surface area contributed by atoms with Gasteiger partial charge in [-0.05, 0) is 12.1 Å². The molecule has 0 aromatic carbocycles. The second-order valence-corrected chi connectivity index (χ2v) is 4.55. The molecule has 0 atom stereocenters. The Morgan fingerprint density at radius 1 is 1.32 bits per heavy atom. The van der Waals surface area contributed by atoms with E-state index in [-0.39, 0.29) is 18.6 Å². The highest BCUT2D eigenvalue weighted by Crippen LogP contribution is 2.27. The van der Waals surface area contributed by atoms with Gasteiger partial charge in [-0.1, -0.05) is 18.9 Å². The van der Waals surface area contributed by atoms with Crippen molar-refractivity contribution >= 4 is 5.70 Å². The number of halogens is 3. The van der Waals surface area contributed by atoms with Gasteiger partial charge in [-0.15, -0.1) is 5.92 Å². The number of aromatic nitrogens is 2. The van der Waals surface area contributed by atoms with E-state index < -0.39 is 11.7 Å². The van der Waals surface area contributed by atoms with Crippen LogP contribution in [0.3, 0.4) is 0 Å². The number of hydrogen-bond donors (Lipinski definition) is 1. The van der Waals surface area contributed by atoms with Gasteiger partial charge in [-0.2, -0.15) is 18.3 Å². The van der Waals surface area contributed by atoms with Crippen molar-refractivity contribution in [3.05, 3.63) is 45.9 Å². The van der Waals surface area contributed by atoms with E-state index in [4.69, 9.17) is 0 Å². The summed E-state index contributed by atoms with van der Waals surface area (Å²) in [4.78, 5) is 11.7. The summed E-state index contributed by atoms with van der Waals surface area (Å²) in [6.45, 7) is 1.71. The Hall–Kier alpha value is -2.49. The first-order valence-corrected chi connectivity index (χ1v) is 6.68. The van der Waals surface area contributed by atoms with Crippen molar-refractivity contribution in [1.29, 1.82) is 0 Å². The molecule has 116 valence electrons. The van der Waals surface area contributed by atoms with Crippen LogP contribution in [-0.2, 0) is 6.54 Å². The van der Waals surface area contributed by atoms with Crippen molar-refractivity contribution in [1.82, 2.24) is 15.1 Å². The number of rotatable bonds is 2. The van der Waals surface area contributed by atoms with Crippen molar-refractivity contribution < 1.29 is 13.2 Å². The Morgan fingerprint density at radius 3 is 2.68 bits per heavy atom. The molecule has 22 heavy (non-hydrogen) atoms. The normalized spacial score (nSPS) is 14.4. The van der Waals surface area contributed by atoms with Crippen LogP contribution in [0.1, 0.15) is 19.0 Å². The van der Waals surface area contributed by atoms with Crippen molar-refractivity contribution in [2.24, 2.45) is 0 Å². The molecule has 7 heteroatoms. The zero-order valence-corrected chi connectivity index (χ0v) is 11.9. The summed E-state index contributed by atoms with van der Waals surface area (Å²) in [5.74, 6) is 5.63. The molecule has 1 N–H and O–H groups in total. The molecular weight excluding hydrogens is 295 g/mol. The molecule has 2 rings (SSSR count). The van der Waals surface area contributed by atoms with Gasteiger partial charge in [-0.3, -0.25) is 4.79 Å². The van der Waals surface area contributed by atoms with E-state index in [1.807, 2.05) is 6.92 Å². The Balaban J connectivity index is 2.27. The van der Waals surface area contributed by atoms with E-state index in [0.717, 1.165) is 6.08 Å². The predicted octanol–water partition coefficient (Wildman–Crippen LogP) is 2.09. The average molecular weight is 309 g/mol. The first kappa shape index (κ1) is 15.9. The largest absolute Gasteiger partial charge is 0.414 e. The molecule has 0 saturated heterocycles. The fourth-order valence-electron chi connectivity index (χ4n) is 1.82. The van der Waals surface area contributed by atoms with E-state index in [2.05, 4.69) is 22.3 Å². The van der Waals surface area contributed by atoms with E-state index in [1.54, 1.807) is 0 Å². The van der Waals surface area contributed by atoms with Crippen molar-refractivity contribution in [3.63, 3.8) is 0 Å². The van der Waals surface area contributed by atoms with Gasteiger partial charge in [0.15, 0.2) is 0 Å². The fourth-order valence-corrected chi connectivity index (χ4v) is 1.82. The number of dihydropyridines is 1. The van der Waals surface area contributed by atoms with Crippen molar-refractivity contribution in [2.45, 2.75) is 26.1 Å². The summed E-state index contributed by atoms with van der Waals surface area (Å²) in [6, 6.07) is 2.79. The number of hydrogen-bond acceptors (Lipinski definition) is 3. The lowest BCUT2D eigenvalue weighted by molar-refractivity contribution is -0.0927. The van der Waals surface area contributed by atoms with Crippen LogP contribution in [0.15, 0.2) is 34.7 Å². The monoisotopic (exact) mass is 309 g/mol. The highest BCUT2D eigenvalue weighted by Gasteiger charge is 2.34. The van der Waals surface area contributed by atoms with Gasteiger partial charge in [0.2, 0.25) is 0 Å². The molecule has 1 aromatic heterocycles. The topological polar surface area (TPSA) is 46.9 Å². The summed E-state index contributed by atoms with van der Waals surface area (Å²) in [6.07, 6.45) is -1.36. The lowest BCUT2D eigenvalue weighted by Crippen LogP contribution is -2.29. The predicted molar refractivity (Wildman–Crippen MR) is 76.7 cm³/mol. The van der Waals surface area contributed by atoms with Gasteiger partial charge >= 0.3 is 6.18 Å². The van der Waals surface area contributed by atoms with E-state index in [9.17, 15) is 18.0 Å². The molecule has 0 amide bonds. The minimum Gasteiger partial charge on any atom is -0.379 e. The third-order valence-electron chi connectivity index (χ3n) is 2.96. The summed E-state index contributed by atoms with van der Waals surface area (Å²) < 4.78 is 38.8. The highest BCUT2D eigenvalue weighted by molar-refractivity contribution is 5.64. The van der Waals surface area contributed by atoms with E-state index in [1.165, 1.54) is 22.9 Å². The molecule has 0 spiro atoms. The summed E-state index contributed by atoms with van der Waals surface area (Å²) in [7, 11) is 0. The van der Waals surface area contributed by atoms with Gasteiger partial charge in [0.05, 0.1) is 11.3 Å². The fraction of sp³-hybridized carbons (Fsp3) is 0.333. The lowest BCUT2D eigenvalue weighted by atomic mass is 10.1. The zero-order chi connectivity index (χ0) is 16.2. The maximum Gasteiger partial charge on any atom is 0.414 e. The van der Waals surface area contributed by atoms with Crippen LogP contribution in [0, 0.1) is 11.8 Å². The Labute approximate surface area is 125 Å². The van der Waals surface area contributed by atoms with Gasteiger partial charge < -0.3 is 5.32 Å². The molecule has 0 radical (unpaired) electrons. The second-order valence-electron chi connectivity index (χ2n) is 4.55. The maximum atomic E-state index is 12.5. The molecule has 0 unspecified atom stereocenters. The second kappa shape index (κ2) is 6.52. The summed E-state index contributed by atoms with van der Waals surface area (Å²) in [5, 5.41) is 6.78. The van der Waals surface area contributed by atoms with Gasteiger partial charge in [0.1, 0.15) is 12.2 Å². The first-order chi connectivity index (χ1) is 10.4. The van der Waals surface area contributed by atoms with Crippen molar-refractivity contribution in [2.75, 3.05) is 6.54 Å². The van der Waals surface area contributed by atoms with Crippen LogP contribution in [0.2, 0.25) is 0 Å². The molecule has 0 fully saturated rings. The zero-order valence-electron chi connectivity index (χ0n) is 11.9. The van der Waals surface area contributed by atoms with Gasteiger partial charge in [-0.25, -0.2) is 4.68 Å². The number of nitrogens with zero attached hydrogens (tertiary/aromatic N) is 2. The van der Waals surface area contributed by atoms with Crippen LogP contribution in [0.25, 0.3) is 5.70 Å². The highest BCUT2D eigenvalue weighted by atomic mass is 19.4. The Morgan fingerprint density at radius 2 is 2.09 bits per heavy atom. The van der Waals surface area contributed by atoms with Gasteiger partial charge in [0, 0.05) is 19.0 Å². The number of allylic oxidation sites excluding steroid dienone is 2. The Kier molecular flexibility index (Phi) is 4.71. The quantitative estimate of drug-likeness (QED) is 0.851. The average Bonchev–Trinajstić information content (AvgIpc) is 2.49. The molecule has 1 aromatic rings. The summed E-state index contributed by atoms with van der Waals surface area (Å²) >= 11 is 0. The van der Waals surface area contributed by atoms with Crippen LogP contribution >= 0.6 is 0 Å². The third kappa shape index (κ3) is 3.79. The SMILES string of the molecule is CCC#CCn1nc(C2=CC=C(C(F)(F)F)CN2)ccc1=O. The minimum absolute atomic E-state index is 0.150. The number of alkyl halides is 3. The molecule has 1 aliphatic rings. The minimum atomic E-state index is -4.35. The molecule has 0 bridgehead atoms. The van der Waals surface area contributed by atoms with Crippen LogP contribution in [0.4, 0.5) is 13.2 Å².